The molecule has 0 aromatic heterocycles. The summed E-state index contributed by atoms with van der Waals surface area (Å²) in [7, 11) is -7.18. The van der Waals surface area contributed by atoms with Crippen molar-refractivity contribution >= 4 is 31.5 Å². The third-order valence-corrected chi connectivity index (χ3v) is 5.83. The van der Waals surface area contributed by atoms with Gasteiger partial charge in [-0.05, 0) is 31.5 Å². The molecule has 21 heavy (non-hydrogen) atoms. The Morgan fingerprint density at radius 2 is 1.62 bits per heavy atom. The molecule has 3 N–H and O–H groups in total. The third-order valence-electron chi connectivity index (χ3n) is 3.05. The Morgan fingerprint density at radius 3 is 2.00 bits per heavy atom. The predicted octanol–water partition coefficient (Wildman–Crippen LogP) is 0.237. The lowest BCUT2D eigenvalue weighted by atomic mass is 10.1. The highest BCUT2D eigenvalue weighted by atomic mass is 32.2. The standard InChI is InChI=1S/C12H18N2O5S2/c1-12(2,20(3,16)17)11(15)14-10-6-4-9(5-7-10)8-21(13,18)19/h4-7H,8H2,1-3H3,(H,14,15)(H2,13,18,19). The minimum absolute atomic E-state index is 0.309. The molecule has 9 heteroatoms. The zero-order valence-corrected chi connectivity index (χ0v) is 13.6. The second-order valence-corrected chi connectivity index (χ2v) is 9.42. The van der Waals surface area contributed by atoms with Gasteiger partial charge in [0.1, 0.15) is 4.75 Å². The summed E-state index contributed by atoms with van der Waals surface area (Å²) in [6.45, 7) is 2.63. The van der Waals surface area contributed by atoms with Crippen LogP contribution in [0.4, 0.5) is 5.69 Å². The van der Waals surface area contributed by atoms with E-state index < -0.39 is 30.5 Å². The second kappa shape index (κ2) is 5.74. The molecule has 118 valence electrons. The van der Waals surface area contributed by atoms with Crippen molar-refractivity contribution in [2.75, 3.05) is 11.6 Å². The summed E-state index contributed by atoms with van der Waals surface area (Å²) in [5.74, 6) is -0.972. The maximum atomic E-state index is 12.0. The van der Waals surface area contributed by atoms with Crippen molar-refractivity contribution in [2.45, 2.75) is 24.3 Å². The number of anilines is 1. The van der Waals surface area contributed by atoms with Crippen molar-refractivity contribution in [3.8, 4) is 0 Å². The third kappa shape index (κ3) is 4.80. The van der Waals surface area contributed by atoms with Crippen LogP contribution in [-0.2, 0) is 30.4 Å². The lowest BCUT2D eigenvalue weighted by Gasteiger charge is -2.21. The lowest BCUT2D eigenvalue weighted by Crippen LogP contribution is -2.43. The highest BCUT2D eigenvalue weighted by molar-refractivity contribution is 7.92. The van der Waals surface area contributed by atoms with Gasteiger partial charge in [0.25, 0.3) is 0 Å². The van der Waals surface area contributed by atoms with E-state index in [9.17, 15) is 21.6 Å². The van der Waals surface area contributed by atoms with Gasteiger partial charge < -0.3 is 5.32 Å². The van der Waals surface area contributed by atoms with Gasteiger partial charge >= 0.3 is 0 Å². The molecule has 0 bridgehead atoms. The SMILES string of the molecule is CC(C)(C(=O)Nc1ccc(CS(N)(=O)=O)cc1)S(C)(=O)=O. The van der Waals surface area contributed by atoms with E-state index in [0.29, 0.717) is 11.3 Å². The average molecular weight is 334 g/mol. The first-order chi connectivity index (χ1) is 9.33. The lowest BCUT2D eigenvalue weighted by molar-refractivity contribution is -0.117. The quantitative estimate of drug-likeness (QED) is 0.798. The van der Waals surface area contributed by atoms with E-state index in [-0.39, 0.29) is 5.75 Å². The van der Waals surface area contributed by atoms with Crippen LogP contribution in [0, 0.1) is 0 Å². The van der Waals surface area contributed by atoms with Crippen LogP contribution in [0.2, 0.25) is 0 Å². The molecule has 1 rings (SSSR count). The molecule has 0 saturated heterocycles. The molecule has 1 aromatic rings. The van der Waals surface area contributed by atoms with E-state index in [0.717, 1.165) is 6.26 Å². The topological polar surface area (TPSA) is 123 Å². The Morgan fingerprint density at radius 1 is 1.14 bits per heavy atom. The largest absolute Gasteiger partial charge is 0.325 e. The summed E-state index contributed by atoms with van der Waals surface area (Å²) in [4.78, 5) is 12.0. The van der Waals surface area contributed by atoms with Gasteiger partial charge in [0.05, 0.1) is 5.75 Å². The Kier molecular flexibility index (Phi) is 4.81. The van der Waals surface area contributed by atoms with Gasteiger partial charge in [-0.15, -0.1) is 0 Å². The first-order valence-electron chi connectivity index (χ1n) is 5.93. The fraction of sp³-hybridized carbons (Fsp3) is 0.417. The van der Waals surface area contributed by atoms with Crippen molar-refractivity contribution in [1.82, 2.24) is 0 Å². The molecule has 7 nitrogen and oxygen atoms in total. The summed E-state index contributed by atoms with van der Waals surface area (Å²) >= 11 is 0. The van der Waals surface area contributed by atoms with E-state index in [2.05, 4.69) is 5.32 Å². The number of primary sulfonamides is 1. The van der Waals surface area contributed by atoms with Crippen molar-refractivity contribution in [3.63, 3.8) is 0 Å². The maximum Gasteiger partial charge on any atom is 0.245 e. The molecule has 1 aromatic carbocycles. The molecule has 0 atom stereocenters. The highest BCUT2D eigenvalue weighted by Crippen LogP contribution is 2.19. The number of rotatable bonds is 5. The first-order valence-corrected chi connectivity index (χ1v) is 9.54. The van der Waals surface area contributed by atoms with Gasteiger partial charge in [-0.1, -0.05) is 12.1 Å². The monoisotopic (exact) mass is 334 g/mol. The van der Waals surface area contributed by atoms with Gasteiger partial charge in [0, 0.05) is 11.9 Å². The number of amides is 1. The zero-order chi connectivity index (χ0) is 16.5. The minimum Gasteiger partial charge on any atom is -0.325 e. The molecule has 0 aliphatic carbocycles. The van der Waals surface area contributed by atoms with Crippen LogP contribution in [0.15, 0.2) is 24.3 Å². The molecule has 1 amide bonds. The van der Waals surface area contributed by atoms with Crippen LogP contribution in [0.25, 0.3) is 0 Å². The van der Waals surface area contributed by atoms with Gasteiger partial charge in [0.2, 0.25) is 15.9 Å². The van der Waals surface area contributed by atoms with Crippen molar-refractivity contribution in [3.05, 3.63) is 29.8 Å². The van der Waals surface area contributed by atoms with Gasteiger partial charge in [-0.3, -0.25) is 4.79 Å². The molecule has 0 unspecified atom stereocenters. The Labute approximate surface area is 124 Å². The normalized spacial score (nSPS) is 13.0. The number of carbonyl (C=O) groups is 1. The molecule has 0 radical (unpaired) electrons. The van der Waals surface area contributed by atoms with Crippen LogP contribution in [0.5, 0.6) is 0 Å². The molecular formula is C12H18N2O5S2. The second-order valence-electron chi connectivity index (χ2n) is 5.24. The van der Waals surface area contributed by atoms with Crippen LogP contribution in [0.1, 0.15) is 19.4 Å². The Balaban J connectivity index is 2.89. The van der Waals surface area contributed by atoms with E-state index in [1.807, 2.05) is 0 Å². The molecular weight excluding hydrogens is 316 g/mol. The predicted molar refractivity (Wildman–Crippen MR) is 80.8 cm³/mol. The van der Waals surface area contributed by atoms with Crippen LogP contribution < -0.4 is 10.5 Å². The van der Waals surface area contributed by atoms with Gasteiger partial charge in [-0.2, -0.15) is 0 Å². The molecule has 0 saturated carbocycles. The van der Waals surface area contributed by atoms with Crippen molar-refractivity contribution < 1.29 is 21.6 Å². The molecule has 0 fully saturated rings. The first kappa shape index (κ1) is 17.6. The number of sulfonamides is 1. The minimum atomic E-state index is -3.62. The summed E-state index contributed by atoms with van der Waals surface area (Å²) in [5.41, 5.74) is 0.841. The average Bonchev–Trinajstić information content (AvgIpc) is 2.28. The van der Waals surface area contributed by atoms with Crippen LogP contribution in [-0.4, -0.2) is 33.7 Å². The zero-order valence-electron chi connectivity index (χ0n) is 12.0. The van der Waals surface area contributed by atoms with E-state index in [1.165, 1.54) is 38.1 Å². The number of nitrogens with one attached hydrogen (secondary N) is 1. The number of benzene rings is 1. The van der Waals surface area contributed by atoms with E-state index >= 15 is 0 Å². The van der Waals surface area contributed by atoms with Gasteiger partial charge in [-0.25, -0.2) is 22.0 Å². The maximum absolute atomic E-state index is 12.0. The summed E-state index contributed by atoms with van der Waals surface area (Å²) in [6, 6.07) is 5.95. The summed E-state index contributed by atoms with van der Waals surface area (Å²) in [5, 5.41) is 7.41. The number of hydrogen-bond donors (Lipinski definition) is 2. The van der Waals surface area contributed by atoms with E-state index in [1.54, 1.807) is 0 Å². The highest BCUT2D eigenvalue weighted by Gasteiger charge is 2.38. The molecule has 0 heterocycles. The van der Waals surface area contributed by atoms with Gasteiger partial charge in [0.15, 0.2) is 9.84 Å². The Hall–Kier alpha value is -1.45. The summed E-state index contributed by atoms with van der Waals surface area (Å²) < 4.78 is 43.4. The van der Waals surface area contributed by atoms with Crippen LogP contribution >= 0.6 is 0 Å². The summed E-state index contributed by atoms with van der Waals surface area (Å²) in [6.07, 6.45) is 0.988. The number of sulfone groups is 1. The van der Waals surface area contributed by atoms with Crippen LogP contribution in [0.3, 0.4) is 0 Å². The Bertz CT molecular complexity index is 734. The molecule has 0 aliphatic heterocycles. The number of carbonyl (C=O) groups excluding carboxylic acids is 1. The smallest absolute Gasteiger partial charge is 0.245 e. The molecule has 0 spiro atoms. The van der Waals surface area contributed by atoms with Crippen molar-refractivity contribution in [1.29, 1.82) is 0 Å². The number of hydrogen-bond acceptors (Lipinski definition) is 5. The fourth-order valence-electron chi connectivity index (χ4n) is 1.37. The molecule has 0 aliphatic rings. The van der Waals surface area contributed by atoms with Crippen molar-refractivity contribution in [2.24, 2.45) is 5.14 Å². The number of nitrogens with two attached hydrogens (primary N) is 1. The fourth-order valence-corrected chi connectivity index (χ4v) is 2.41. The van der Waals surface area contributed by atoms with E-state index in [4.69, 9.17) is 5.14 Å².